The van der Waals surface area contributed by atoms with Gasteiger partial charge in [-0.25, -0.2) is 14.8 Å². The zero-order valence-electron chi connectivity index (χ0n) is 10.2. The van der Waals surface area contributed by atoms with Crippen LogP contribution in [0.1, 0.15) is 10.4 Å². The number of carbonyl (C=O) groups is 1. The molecule has 1 aliphatic heterocycles. The highest BCUT2D eigenvalue weighted by molar-refractivity contribution is 5.91. The molecule has 19 heavy (non-hydrogen) atoms. The van der Waals surface area contributed by atoms with Crippen molar-refractivity contribution in [2.45, 2.75) is 0 Å². The van der Waals surface area contributed by atoms with E-state index >= 15 is 0 Å². The Kier molecular flexibility index (Phi) is 2.96. The summed E-state index contributed by atoms with van der Waals surface area (Å²) < 4.78 is 0. The van der Waals surface area contributed by atoms with Gasteiger partial charge in [-0.1, -0.05) is 0 Å². The molecule has 0 saturated carbocycles. The zero-order chi connectivity index (χ0) is 13.2. The van der Waals surface area contributed by atoms with Gasteiger partial charge >= 0.3 is 5.97 Å². The molecular weight excluding hydrogens is 246 g/mol. The first-order valence-corrected chi connectivity index (χ1v) is 6.06. The highest BCUT2D eigenvalue weighted by Gasteiger charge is 2.14. The molecule has 0 bridgehead atoms. The smallest absolute Gasteiger partial charge is 0.337 e. The van der Waals surface area contributed by atoms with Crippen molar-refractivity contribution in [1.29, 1.82) is 0 Å². The third kappa shape index (κ3) is 2.32. The van der Waals surface area contributed by atoms with Gasteiger partial charge in [0, 0.05) is 44.0 Å². The van der Waals surface area contributed by atoms with Crippen LogP contribution in [0.4, 0.5) is 5.95 Å². The fourth-order valence-electron chi connectivity index (χ4n) is 2.05. The molecule has 7 nitrogen and oxygen atoms in total. The molecule has 0 atom stereocenters. The van der Waals surface area contributed by atoms with Crippen molar-refractivity contribution in [3.05, 3.63) is 24.0 Å². The topological polar surface area (TPSA) is 91.2 Å². The van der Waals surface area contributed by atoms with E-state index in [1.165, 1.54) is 12.3 Å². The van der Waals surface area contributed by atoms with E-state index in [0.29, 0.717) is 17.0 Å². The fraction of sp³-hybridized carbons (Fsp3) is 0.333. The van der Waals surface area contributed by atoms with Crippen molar-refractivity contribution < 1.29 is 9.90 Å². The maximum absolute atomic E-state index is 10.9. The van der Waals surface area contributed by atoms with Gasteiger partial charge in [0.25, 0.3) is 0 Å². The molecule has 1 saturated heterocycles. The van der Waals surface area contributed by atoms with Gasteiger partial charge in [0.1, 0.15) is 0 Å². The largest absolute Gasteiger partial charge is 0.478 e. The van der Waals surface area contributed by atoms with Gasteiger partial charge in [0.15, 0.2) is 5.65 Å². The first-order chi connectivity index (χ1) is 9.24. The van der Waals surface area contributed by atoms with Crippen molar-refractivity contribution in [3.8, 4) is 0 Å². The van der Waals surface area contributed by atoms with Crippen LogP contribution in [0.25, 0.3) is 11.0 Å². The van der Waals surface area contributed by atoms with Crippen molar-refractivity contribution in [1.82, 2.24) is 20.3 Å². The van der Waals surface area contributed by atoms with Crippen molar-refractivity contribution in [2.75, 3.05) is 31.1 Å². The Morgan fingerprint density at radius 2 is 2.05 bits per heavy atom. The number of nitrogens with one attached hydrogen (secondary N) is 1. The number of pyridine rings is 1. The van der Waals surface area contributed by atoms with Crippen LogP contribution in [0.3, 0.4) is 0 Å². The monoisotopic (exact) mass is 259 g/mol. The lowest BCUT2D eigenvalue weighted by molar-refractivity contribution is 0.0696. The number of piperazine rings is 1. The summed E-state index contributed by atoms with van der Waals surface area (Å²) in [5, 5.41) is 12.8. The second kappa shape index (κ2) is 4.77. The first kappa shape index (κ1) is 11.8. The van der Waals surface area contributed by atoms with E-state index in [2.05, 4.69) is 25.2 Å². The number of aromatic carboxylic acids is 1. The molecule has 2 aromatic rings. The predicted molar refractivity (Wildman–Crippen MR) is 69.4 cm³/mol. The molecule has 0 radical (unpaired) electrons. The van der Waals surface area contributed by atoms with Gasteiger partial charge < -0.3 is 15.3 Å². The standard InChI is InChI=1S/C12H13N5O2/c18-11(19)9-5-8-6-15-12(16-10(8)14-7-9)17-3-1-13-2-4-17/h5-7,13H,1-4H2,(H,18,19). The van der Waals surface area contributed by atoms with Gasteiger partial charge in [-0.2, -0.15) is 4.98 Å². The molecule has 0 aliphatic carbocycles. The molecule has 3 heterocycles. The Morgan fingerprint density at radius 3 is 2.79 bits per heavy atom. The Hall–Kier alpha value is -2.28. The van der Waals surface area contributed by atoms with Crippen LogP contribution in [0, 0.1) is 0 Å². The minimum Gasteiger partial charge on any atom is -0.478 e. The molecular formula is C12H13N5O2. The summed E-state index contributed by atoms with van der Waals surface area (Å²) in [6.07, 6.45) is 2.94. The zero-order valence-corrected chi connectivity index (χ0v) is 10.2. The maximum atomic E-state index is 10.9. The normalized spacial score (nSPS) is 15.7. The molecule has 1 fully saturated rings. The lowest BCUT2D eigenvalue weighted by atomic mass is 10.2. The Morgan fingerprint density at radius 1 is 1.26 bits per heavy atom. The van der Waals surface area contributed by atoms with Gasteiger partial charge in [-0.3, -0.25) is 0 Å². The van der Waals surface area contributed by atoms with Crippen LogP contribution >= 0.6 is 0 Å². The second-order valence-corrected chi connectivity index (χ2v) is 4.35. The summed E-state index contributed by atoms with van der Waals surface area (Å²) in [7, 11) is 0. The summed E-state index contributed by atoms with van der Waals surface area (Å²) in [6, 6.07) is 1.53. The quantitative estimate of drug-likeness (QED) is 0.792. The highest BCUT2D eigenvalue weighted by Crippen LogP contribution is 2.15. The highest BCUT2D eigenvalue weighted by atomic mass is 16.4. The van der Waals surface area contributed by atoms with E-state index in [9.17, 15) is 4.79 Å². The number of hydrogen-bond acceptors (Lipinski definition) is 6. The van der Waals surface area contributed by atoms with Crippen LogP contribution in [0.5, 0.6) is 0 Å². The van der Waals surface area contributed by atoms with Gasteiger partial charge in [0.05, 0.1) is 5.56 Å². The number of nitrogens with zero attached hydrogens (tertiary/aromatic N) is 4. The minimum absolute atomic E-state index is 0.144. The molecule has 0 unspecified atom stereocenters. The fourth-order valence-corrected chi connectivity index (χ4v) is 2.05. The van der Waals surface area contributed by atoms with Crippen molar-refractivity contribution >= 4 is 23.0 Å². The van der Waals surface area contributed by atoms with Crippen molar-refractivity contribution in [2.24, 2.45) is 0 Å². The van der Waals surface area contributed by atoms with E-state index in [-0.39, 0.29) is 5.56 Å². The SMILES string of the molecule is O=C(O)c1cnc2nc(N3CCNCC3)ncc2c1. The molecule has 98 valence electrons. The average molecular weight is 259 g/mol. The molecule has 2 aromatic heterocycles. The third-order valence-corrected chi connectivity index (χ3v) is 3.07. The minimum atomic E-state index is -0.999. The summed E-state index contributed by atoms with van der Waals surface area (Å²) in [4.78, 5) is 25.7. The van der Waals surface area contributed by atoms with E-state index < -0.39 is 5.97 Å². The summed E-state index contributed by atoms with van der Waals surface area (Å²) in [6.45, 7) is 3.54. The van der Waals surface area contributed by atoms with Crippen molar-refractivity contribution in [3.63, 3.8) is 0 Å². The lowest BCUT2D eigenvalue weighted by Gasteiger charge is -2.27. The number of hydrogen-bond donors (Lipinski definition) is 2. The average Bonchev–Trinajstić information content (AvgIpc) is 2.47. The molecule has 0 spiro atoms. The molecule has 2 N–H and O–H groups in total. The number of fused-ring (bicyclic) bond motifs is 1. The van der Waals surface area contributed by atoms with E-state index in [4.69, 9.17) is 5.11 Å². The number of carboxylic acid groups (broad SMARTS) is 1. The van der Waals surface area contributed by atoms with E-state index in [1.54, 1.807) is 6.20 Å². The second-order valence-electron chi connectivity index (χ2n) is 4.35. The molecule has 7 heteroatoms. The Bertz CT molecular complexity index is 625. The number of anilines is 1. The summed E-state index contributed by atoms with van der Waals surface area (Å²) in [5.41, 5.74) is 0.666. The van der Waals surface area contributed by atoms with Gasteiger partial charge in [0.2, 0.25) is 5.95 Å². The molecule has 1 aliphatic rings. The number of rotatable bonds is 2. The van der Waals surface area contributed by atoms with Gasteiger partial charge in [-0.05, 0) is 6.07 Å². The van der Waals surface area contributed by atoms with Crippen LogP contribution < -0.4 is 10.2 Å². The third-order valence-electron chi connectivity index (χ3n) is 3.07. The summed E-state index contributed by atoms with van der Waals surface area (Å²) >= 11 is 0. The number of aromatic nitrogens is 3. The first-order valence-electron chi connectivity index (χ1n) is 6.06. The maximum Gasteiger partial charge on any atom is 0.337 e. The summed E-state index contributed by atoms with van der Waals surface area (Å²) in [5.74, 6) is -0.356. The molecule has 0 aromatic carbocycles. The van der Waals surface area contributed by atoms with Crippen LogP contribution in [0.2, 0.25) is 0 Å². The lowest BCUT2D eigenvalue weighted by Crippen LogP contribution is -2.44. The Balaban J connectivity index is 1.97. The van der Waals surface area contributed by atoms with Crippen LogP contribution in [-0.2, 0) is 0 Å². The van der Waals surface area contributed by atoms with E-state index in [0.717, 1.165) is 26.2 Å². The van der Waals surface area contributed by atoms with Crippen LogP contribution in [-0.4, -0.2) is 52.2 Å². The molecule has 3 rings (SSSR count). The number of carboxylic acids is 1. The van der Waals surface area contributed by atoms with E-state index in [1.807, 2.05) is 0 Å². The van der Waals surface area contributed by atoms with Gasteiger partial charge in [-0.15, -0.1) is 0 Å². The van der Waals surface area contributed by atoms with Crippen LogP contribution in [0.15, 0.2) is 18.5 Å². The predicted octanol–water partition coefficient (Wildman–Crippen LogP) is 0.133. The molecule has 0 amide bonds. The Labute approximate surface area is 109 Å².